The van der Waals surface area contributed by atoms with Crippen molar-refractivity contribution in [3.05, 3.63) is 29.6 Å². The number of benzene rings is 1. The molecule has 0 amide bonds. The molecular formula is C15H25FN2O. The molecule has 1 unspecified atom stereocenters. The molecule has 3 nitrogen and oxygen atoms in total. The Morgan fingerprint density at radius 1 is 1.42 bits per heavy atom. The van der Waals surface area contributed by atoms with Gasteiger partial charge in [0.25, 0.3) is 0 Å². The molecular weight excluding hydrogens is 243 g/mol. The van der Waals surface area contributed by atoms with Gasteiger partial charge in [0.2, 0.25) is 0 Å². The van der Waals surface area contributed by atoms with Crippen molar-refractivity contribution < 1.29 is 9.13 Å². The molecule has 0 aliphatic rings. The number of halogens is 1. The highest BCUT2D eigenvalue weighted by Gasteiger charge is 2.12. The number of ether oxygens (including phenoxy) is 1. The van der Waals surface area contributed by atoms with Crippen LogP contribution in [0.2, 0.25) is 0 Å². The minimum Gasteiger partial charge on any atom is -0.383 e. The van der Waals surface area contributed by atoms with Crippen LogP contribution < -0.4 is 10.2 Å². The van der Waals surface area contributed by atoms with Crippen LogP contribution >= 0.6 is 0 Å². The minimum atomic E-state index is -0.190. The molecule has 0 spiro atoms. The molecule has 1 atom stereocenters. The number of hydrogen-bond donors (Lipinski definition) is 1. The predicted octanol–water partition coefficient (Wildman–Crippen LogP) is 2.80. The Morgan fingerprint density at radius 2 is 2.16 bits per heavy atom. The van der Waals surface area contributed by atoms with Gasteiger partial charge in [0.05, 0.1) is 6.61 Å². The average Bonchev–Trinajstić information content (AvgIpc) is 2.42. The lowest BCUT2D eigenvalue weighted by Gasteiger charge is -2.28. The van der Waals surface area contributed by atoms with Crippen LogP contribution in [0.5, 0.6) is 0 Å². The summed E-state index contributed by atoms with van der Waals surface area (Å²) >= 11 is 0. The zero-order chi connectivity index (χ0) is 14.3. The first-order valence-electron chi connectivity index (χ1n) is 6.81. The Bertz CT molecular complexity index is 384. The summed E-state index contributed by atoms with van der Waals surface area (Å²) in [7, 11) is 3.73. The number of methoxy groups -OCH3 is 1. The van der Waals surface area contributed by atoms with Crippen molar-refractivity contribution >= 4 is 5.69 Å². The van der Waals surface area contributed by atoms with Crippen molar-refractivity contribution in [3.8, 4) is 0 Å². The third-order valence-electron chi connectivity index (χ3n) is 3.47. The normalized spacial score (nSPS) is 12.5. The molecule has 1 N–H and O–H groups in total. The van der Waals surface area contributed by atoms with Gasteiger partial charge in [0.15, 0.2) is 0 Å². The second-order valence-corrected chi connectivity index (χ2v) is 4.81. The molecule has 0 fully saturated rings. The number of rotatable bonds is 8. The largest absolute Gasteiger partial charge is 0.383 e. The third kappa shape index (κ3) is 4.80. The van der Waals surface area contributed by atoms with Crippen molar-refractivity contribution in [2.75, 3.05) is 32.2 Å². The molecule has 1 aromatic carbocycles. The highest BCUT2D eigenvalue weighted by atomic mass is 19.1. The van der Waals surface area contributed by atoms with Gasteiger partial charge in [-0.25, -0.2) is 4.39 Å². The van der Waals surface area contributed by atoms with Crippen LogP contribution in [-0.4, -0.2) is 33.4 Å². The van der Waals surface area contributed by atoms with Crippen LogP contribution in [-0.2, 0) is 11.3 Å². The first kappa shape index (κ1) is 15.9. The standard InChI is InChI=1S/C15H25FN2O/c1-5-12(2)18(3)15-7-6-14(16)10-13(15)11-17-8-9-19-4/h6-7,10,12,17H,5,8-9,11H2,1-4H3. The summed E-state index contributed by atoms with van der Waals surface area (Å²) in [6.07, 6.45) is 1.06. The Labute approximate surface area is 115 Å². The van der Waals surface area contributed by atoms with Gasteiger partial charge < -0.3 is 15.0 Å². The zero-order valence-electron chi connectivity index (χ0n) is 12.4. The Balaban J connectivity index is 2.79. The minimum absolute atomic E-state index is 0.190. The Hall–Kier alpha value is -1.13. The van der Waals surface area contributed by atoms with E-state index in [1.165, 1.54) is 6.07 Å². The molecule has 0 aromatic heterocycles. The summed E-state index contributed by atoms with van der Waals surface area (Å²) in [5.74, 6) is -0.190. The maximum atomic E-state index is 13.4. The van der Waals surface area contributed by atoms with Gasteiger partial charge in [-0.1, -0.05) is 6.92 Å². The predicted molar refractivity (Wildman–Crippen MR) is 78.1 cm³/mol. The average molecular weight is 268 g/mol. The maximum Gasteiger partial charge on any atom is 0.123 e. The van der Waals surface area contributed by atoms with Crippen molar-refractivity contribution in [2.45, 2.75) is 32.9 Å². The molecule has 1 rings (SSSR count). The first-order chi connectivity index (χ1) is 9.10. The third-order valence-corrected chi connectivity index (χ3v) is 3.47. The smallest absolute Gasteiger partial charge is 0.123 e. The van der Waals surface area contributed by atoms with Gasteiger partial charge in [0.1, 0.15) is 5.82 Å². The molecule has 0 saturated carbocycles. The monoisotopic (exact) mass is 268 g/mol. The van der Waals surface area contributed by atoms with E-state index in [1.54, 1.807) is 13.2 Å². The van der Waals surface area contributed by atoms with Crippen LogP contribution in [0.4, 0.5) is 10.1 Å². The summed E-state index contributed by atoms with van der Waals surface area (Å²) < 4.78 is 18.4. The fraction of sp³-hybridized carbons (Fsp3) is 0.600. The van der Waals surface area contributed by atoms with Gasteiger partial charge in [0, 0.05) is 39.0 Å². The summed E-state index contributed by atoms with van der Waals surface area (Å²) in [6, 6.07) is 5.42. The summed E-state index contributed by atoms with van der Waals surface area (Å²) in [4.78, 5) is 2.20. The molecule has 0 radical (unpaired) electrons. The van der Waals surface area contributed by atoms with Gasteiger partial charge in [-0.2, -0.15) is 0 Å². The van der Waals surface area contributed by atoms with E-state index < -0.39 is 0 Å². The topological polar surface area (TPSA) is 24.5 Å². The van der Waals surface area contributed by atoms with Crippen molar-refractivity contribution in [1.29, 1.82) is 0 Å². The number of nitrogens with zero attached hydrogens (tertiary/aromatic N) is 1. The molecule has 108 valence electrons. The summed E-state index contributed by atoms with van der Waals surface area (Å²) in [5, 5.41) is 3.26. The van der Waals surface area contributed by atoms with Crippen molar-refractivity contribution in [2.24, 2.45) is 0 Å². The molecule has 1 aromatic rings. The molecule has 0 saturated heterocycles. The highest BCUT2D eigenvalue weighted by Crippen LogP contribution is 2.23. The molecule has 0 aliphatic heterocycles. The maximum absolute atomic E-state index is 13.4. The summed E-state index contributed by atoms with van der Waals surface area (Å²) in [5.41, 5.74) is 2.07. The molecule has 19 heavy (non-hydrogen) atoms. The highest BCUT2D eigenvalue weighted by molar-refractivity contribution is 5.54. The Kier molecular flexibility index (Phi) is 6.81. The SMILES string of the molecule is CCC(C)N(C)c1ccc(F)cc1CNCCOC. The van der Waals surface area contributed by atoms with E-state index in [9.17, 15) is 4.39 Å². The second-order valence-electron chi connectivity index (χ2n) is 4.81. The molecule has 4 heteroatoms. The van der Waals surface area contributed by atoms with Crippen molar-refractivity contribution in [3.63, 3.8) is 0 Å². The molecule has 0 bridgehead atoms. The van der Waals surface area contributed by atoms with E-state index in [0.717, 1.165) is 24.2 Å². The van der Waals surface area contributed by atoms with Crippen LogP contribution in [0.25, 0.3) is 0 Å². The molecule has 0 aliphatic carbocycles. The summed E-state index contributed by atoms with van der Waals surface area (Å²) in [6.45, 7) is 6.40. The first-order valence-corrected chi connectivity index (χ1v) is 6.81. The van der Waals surface area contributed by atoms with E-state index in [4.69, 9.17) is 4.74 Å². The van der Waals surface area contributed by atoms with E-state index in [-0.39, 0.29) is 5.82 Å². The lowest BCUT2D eigenvalue weighted by molar-refractivity contribution is 0.199. The Morgan fingerprint density at radius 3 is 2.79 bits per heavy atom. The lowest BCUT2D eigenvalue weighted by Crippen LogP contribution is -2.30. The van der Waals surface area contributed by atoms with E-state index in [1.807, 2.05) is 6.07 Å². The van der Waals surface area contributed by atoms with Crippen LogP contribution in [0.1, 0.15) is 25.8 Å². The van der Waals surface area contributed by atoms with E-state index in [0.29, 0.717) is 19.2 Å². The van der Waals surface area contributed by atoms with Crippen LogP contribution in [0.15, 0.2) is 18.2 Å². The fourth-order valence-corrected chi connectivity index (χ4v) is 1.95. The fourth-order valence-electron chi connectivity index (χ4n) is 1.95. The van der Waals surface area contributed by atoms with E-state index >= 15 is 0 Å². The zero-order valence-corrected chi connectivity index (χ0v) is 12.4. The lowest BCUT2D eigenvalue weighted by atomic mass is 10.1. The van der Waals surface area contributed by atoms with Gasteiger partial charge in [-0.15, -0.1) is 0 Å². The number of hydrogen-bond acceptors (Lipinski definition) is 3. The number of anilines is 1. The van der Waals surface area contributed by atoms with Gasteiger partial charge >= 0.3 is 0 Å². The van der Waals surface area contributed by atoms with Crippen LogP contribution in [0, 0.1) is 5.82 Å². The molecule has 0 heterocycles. The van der Waals surface area contributed by atoms with Gasteiger partial charge in [-0.05, 0) is 37.1 Å². The number of nitrogens with one attached hydrogen (secondary N) is 1. The van der Waals surface area contributed by atoms with Gasteiger partial charge in [-0.3, -0.25) is 0 Å². The second kappa shape index (κ2) is 8.12. The van der Waals surface area contributed by atoms with E-state index in [2.05, 4.69) is 31.1 Å². The van der Waals surface area contributed by atoms with Crippen LogP contribution in [0.3, 0.4) is 0 Å². The quantitative estimate of drug-likeness (QED) is 0.734. The van der Waals surface area contributed by atoms with Crippen molar-refractivity contribution in [1.82, 2.24) is 5.32 Å².